The van der Waals surface area contributed by atoms with Gasteiger partial charge in [-0.25, -0.2) is 8.78 Å². The molecule has 8 heteroatoms. The van der Waals surface area contributed by atoms with Gasteiger partial charge in [0.15, 0.2) is 0 Å². The molecule has 0 atom stereocenters. The highest BCUT2D eigenvalue weighted by molar-refractivity contribution is 5.76. The van der Waals surface area contributed by atoms with Crippen molar-refractivity contribution in [2.45, 2.75) is 13.0 Å². The summed E-state index contributed by atoms with van der Waals surface area (Å²) >= 11 is 0. The van der Waals surface area contributed by atoms with Crippen molar-refractivity contribution in [3.05, 3.63) is 69.8 Å². The van der Waals surface area contributed by atoms with Crippen LogP contribution >= 0.6 is 0 Å². The van der Waals surface area contributed by atoms with Gasteiger partial charge in [-0.1, -0.05) is 18.2 Å². The average molecular weight is 349 g/mol. The van der Waals surface area contributed by atoms with E-state index in [9.17, 15) is 23.7 Å². The number of rotatable bonds is 7. The Hall–Kier alpha value is -3.03. The molecule has 2 rings (SSSR count). The van der Waals surface area contributed by atoms with E-state index in [4.69, 9.17) is 0 Å². The Bertz CT molecular complexity index is 783. The minimum Gasteiger partial charge on any atom is -0.379 e. The molecule has 0 heterocycles. The molecule has 25 heavy (non-hydrogen) atoms. The molecule has 2 aromatic carbocycles. The van der Waals surface area contributed by atoms with E-state index in [-0.39, 0.29) is 36.7 Å². The van der Waals surface area contributed by atoms with Crippen LogP contribution in [0.25, 0.3) is 0 Å². The van der Waals surface area contributed by atoms with E-state index >= 15 is 0 Å². The molecule has 1 N–H and O–H groups in total. The van der Waals surface area contributed by atoms with E-state index in [2.05, 4.69) is 5.32 Å². The van der Waals surface area contributed by atoms with Gasteiger partial charge < -0.3 is 10.2 Å². The second kappa shape index (κ2) is 8.18. The van der Waals surface area contributed by atoms with Crippen molar-refractivity contribution in [2.24, 2.45) is 0 Å². The maximum absolute atomic E-state index is 13.6. The Kier molecular flexibility index (Phi) is 5.99. The fourth-order valence-corrected chi connectivity index (χ4v) is 2.27. The summed E-state index contributed by atoms with van der Waals surface area (Å²) in [5.74, 6) is -1.66. The molecule has 0 aliphatic rings. The topological polar surface area (TPSA) is 75.5 Å². The van der Waals surface area contributed by atoms with Crippen LogP contribution in [0.3, 0.4) is 0 Å². The zero-order chi connectivity index (χ0) is 18.4. The quantitative estimate of drug-likeness (QED) is 0.614. The summed E-state index contributed by atoms with van der Waals surface area (Å²) in [5, 5.41) is 13.8. The van der Waals surface area contributed by atoms with Gasteiger partial charge in [0.05, 0.1) is 4.92 Å². The summed E-state index contributed by atoms with van der Waals surface area (Å²) in [6, 6.07) is 9.32. The number of nitrogens with zero attached hydrogens (tertiary/aromatic N) is 2. The fraction of sp³-hybridized carbons (Fsp3) is 0.235. The molecule has 0 aromatic heterocycles. The number of anilines is 1. The molecule has 0 unspecified atom stereocenters. The molecule has 0 spiro atoms. The van der Waals surface area contributed by atoms with Crippen LogP contribution in [-0.2, 0) is 11.3 Å². The summed E-state index contributed by atoms with van der Waals surface area (Å²) < 4.78 is 26.5. The lowest BCUT2D eigenvalue weighted by atomic mass is 10.2. The number of nitro groups is 1. The predicted molar refractivity (Wildman–Crippen MR) is 89.0 cm³/mol. The Morgan fingerprint density at radius 3 is 2.64 bits per heavy atom. The van der Waals surface area contributed by atoms with Gasteiger partial charge in [0.2, 0.25) is 5.91 Å². The molecule has 0 aliphatic carbocycles. The van der Waals surface area contributed by atoms with Crippen LogP contribution in [0.4, 0.5) is 20.2 Å². The Morgan fingerprint density at radius 2 is 1.96 bits per heavy atom. The number of benzene rings is 2. The standard InChI is InChI=1S/C17H17F2N3O3/c1-21(11-12-6-7-13(18)10-14(12)19)17(23)8-9-20-15-4-2-3-5-16(15)22(24)25/h2-7,10,20H,8-9,11H2,1H3. The zero-order valence-electron chi connectivity index (χ0n) is 13.5. The van der Waals surface area contributed by atoms with Gasteiger partial charge >= 0.3 is 0 Å². The molecular weight excluding hydrogens is 332 g/mol. The van der Waals surface area contributed by atoms with E-state index in [0.717, 1.165) is 12.1 Å². The van der Waals surface area contributed by atoms with E-state index in [1.165, 1.54) is 24.1 Å². The monoisotopic (exact) mass is 349 g/mol. The third-order valence-electron chi connectivity index (χ3n) is 3.60. The zero-order valence-corrected chi connectivity index (χ0v) is 13.5. The molecule has 0 saturated carbocycles. The summed E-state index contributed by atoms with van der Waals surface area (Å²) in [6.45, 7) is 0.205. The predicted octanol–water partition coefficient (Wildman–Crippen LogP) is 3.33. The smallest absolute Gasteiger partial charge is 0.292 e. The van der Waals surface area contributed by atoms with Gasteiger partial charge in [-0.3, -0.25) is 14.9 Å². The first-order valence-corrected chi connectivity index (χ1v) is 7.53. The summed E-state index contributed by atoms with van der Waals surface area (Å²) in [4.78, 5) is 23.8. The number of carbonyl (C=O) groups excluding carboxylic acids is 1. The van der Waals surface area contributed by atoms with Crippen molar-refractivity contribution in [3.8, 4) is 0 Å². The molecule has 1 amide bonds. The summed E-state index contributed by atoms with van der Waals surface area (Å²) in [6.07, 6.45) is 0.0748. The van der Waals surface area contributed by atoms with Crippen molar-refractivity contribution in [1.82, 2.24) is 4.90 Å². The van der Waals surface area contributed by atoms with Crippen LogP contribution in [0.2, 0.25) is 0 Å². The van der Waals surface area contributed by atoms with Crippen molar-refractivity contribution in [3.63, 3.8) is 0 Å². The first kappa shape index (κ1) is 18.3. The molecule has 132 valence electrons. The van der Waals surface area contributed by atoms with Crippen molar-refractivity contribution >= 4 is 17.3 Å². The first-order chi connectivity index (χ1) is 11.9. The fourth-order valence-electron chi connectivity index (χ4n) is 2.27. The van der Waals surface area contributed by atoms with Crippen LogP contribution in [0, 0.1) is 21.7 Å². The minimum atomic E-state index is -0.710. The van der Waals surface area contributed by atoms with Gasteiger partial charge in [0.25, 0.3) is 5.69 Å². The summed E-state index contributed by atoms with van der Waals surface area (Å²) in [5.41, 5.74) is 0.466. The molecule has 2 aromatic rings. The van der Waals surface area contributed by atoms with Crippen LogP contribution in [0.1, 0.15) is 12.0 Å². The van der Waals surface area contributed by atoms with E-state index < -0.39 is 16.6 Å². The minimum absolute atomic E-state index is 0.0103. The highest BCUT2D eigenvalue weighted by Gasteiger charge is 2.14. The van der Waals surface area contributed by atoms with Gasteiger partial charge in [0.1, 0.15) is 17.3 Å². The van der Waals surface area contributed by atoms with Crippen molar-refractivity contribution in [1.29, 1.82) is 0 Å². The highest BCUT2D eigenvalue weighted by Crippen LogP contribution is 2.23. The average Bonchev–Trinajstić information content (AvgIpc) is 2.57. The van der Waals surface area contributed by atoms with E-state index in [1.807, 2.05) is 0 Å². The molecule has 0 bridgehead atoms. The van der Waals surface area contributed by atoms with Gasteiger partial charge in [-0.05, 0) is 12.1 Å². The van der Waals surface area contributed by atoms with Gasteiger partial charge in [-0.2, -0.15) is 0 Å². The second-order valence-corrected chi connectivity index (χ2v) is 5.44. The van der Waals surface area contributed by atoms with Gasteiger partial charge in [0, 0.05) is 44.3 Å². The van der Waals surface area contributed by atoms with Crippen molar-refractivity contribution < 1.29 is 18.5 Å². The lowest BCUT2D eigenvalue weighted by molar-refractivity contribution is -0.384. The molecule has 6 nitrogen and oxygen atoms in total. The SMILES string of the molecule is CN(Cc1ccc(F)cc1F)C(=O)CCNc1ccccc1[N+](=O)[O-]. The number of amides is 1. The number of hydrogen-bond donors (Lipinski definition) is 1. The van der Waals surface area contributed by atoms with Gasteiger partial charge in [-0.15, -0.1) is 0 Å². The van der Waals surface area contributed by atoms with Crippen LogP contribution in [0.15, 0.2) is 42.5 Å². The Labute approximate surface area is 143 Å². The number of nitro benzene ring substituents is 1. The highest BCUT2D eigenvalue weighted by atomic mass is 19.1. The van der Waals surface area contributed by atoms with Crippen LogP contribution in [-0.4, -0.2) is 29.3 Å². The number of halogens is 2. The second-order valence-electron chi connectivity index (χ2n) is 5.44. The largest absolute Gasteiger partial charge is 0.379 e. The molecule has 0 aliphatic heterocycles. The Balaban J connectivity index is 1.89. The third-order valence-corrected chi connectivity index (χ3v) is 3.60. The number of nitrogens with one attached hydrogen (secondary N) is 1. The lowest BCUT2D eigenvalue weighted by Crippen LogP contribution is -2.28. The molecular formula is C17H17F2N3O3. The van der Waals surface area contributed by atoms with Crippen molar-refractivity contribution in [2.75, 3.05) is 18.9 Å². The summed E-state index contributed by atoms with van der Waals surface area (Å²) in [7, 11) is 1.51. The number of para-hydroxylation sites is 2. The number of hydrogen-bond acceptors (Lipinski definition) is 4. The van der Waals surface area contributed by atoms with E-state index in [0.29, 0.717) is 5.69 Å². The van der Waals surface area contributed by atoms with Crippen LogP contribution < -0.4 is 5.32 Å². The number of carbonyl (C=O) groups is 1. The normalized spacial score (nSPS) is 10.4. The third kappa shape index (κ3) is 4.97. The van der Waals surface area contributed by atoms with Crippen LogP contribution in [0.5, 0.6) is 0 Å². The van der Waals surface area contributed by atoms with E-state index in [1.54, 1.807) is 18.2 Å². The Morgan fingerprint density at radius 1 is 1.24 bits per heavy atom. The molecule has 0 fully saturated rings. The lowest BCUT2D eigenvalue weighted by Gasteiger charge is -2.18. The maximum Gasteiger partial charge on any atom is 0.292 e. The molecule has 0 saturated heterocycles. The first-order valence-electron chi connectivity index (χ1n) is 7.53. The maximum atomic E-state index is 13.6. The molecule has 0 radical (unpaired) electrons.